The maximum absolute atomic E-state index is 5.31. The molecule has 0 aliphatic rings. The van der Waals surface area contributed by atoms with Crippen molar-refractivity contribution in [3.8, 4) is 0 Å². The second-order valence-corrected chi connectivity index (χ2v) is 4.03. The zero-order valence-corrected chi connectivity index (χ0v) is 9.42. The standard InChI is InChI=1S/C12H21NO/c1-4-13-12(10(2)3)8-7-11-6-5-9-14-11/h5-6,9-10,12-13H,4,7-8H2,1-3H3. The molecule has 2 heteroatoms. The van der Waals surface area contributed by atoms with Crippen LogP contribution in [0.5, 0.6) is 0 Å². The van der Waals surface area contributed by atoms with Crippen molar-refractivity contribution in [3.63, 3.8) is 0 Å². The van der Waals surface area contributed by atoms with Crippen LogP contribution in [0.2, 0.25) is 0 Å². The van der Waals surface area contributed by atoms with Gasteiger partial charge in [0.05, 0.1) is 6.26 Å². The van der Waals surface area contributed by atoms with Gasteiger partial charge in [0.25, 0.3) is 0 Å². The molecule has 1 rings (SSSR count). The summed E-state index contributed by atoms with van der Waals surface area (Å²) in [7, 11) is 0. The van der Waals surface area contributed by atoms with Gasteiger partial charge in [0, 0.05) is 12.5 Å². The highest BCUT2D eigenvalue weighted by Gasteiger charge is 2.12. The predicted octanol–water partition coefficient (Wildman–Crippen LogP) is 2.85. The highest BCUT2D eigenvalue weighted by Crippen LogP contribution is 2.11. The van der Waals surface area contributed by atoms with E-state index in [0.717, 1.165) is 25.1 Å². The monoisotopic (exact) mass is 195 g/mol. The highest BCUT2D eigenvalue weighted by molar-refractivity contribution is 4.98. The van der Waals surface area contributed by atoms with Crippen molar-refractivity contribution < 1.29 is 4.42 Å². The third kappa shape index (κ3) is 3.54. The average molecular weight is 195 g/mol. The summed E-state index contributed by atoms with van der Waals surface area (Å²) in [6, 6.07) is 4.60. The fraction of sp³-hybridized carbons (Fsp3) is 0.667. The van der Waals surface area contributed by atoms with E-state index >= 15 is 0 Å². The third-order valence-corrected chi connectivity index (χ3v) is 2.55. The van der Waals surface area contributed by atoms with Crippen LogP contribution in [0.1, 0.15) is 33.0 Å². The molecule has 0 spiro atoms. The summed E-state index contributed by atoms with van der Waals surface area (Å²) in [6.07, 6.45) is 3.93. The Hall–Kier alpha value is -0.760. The van der Waals surface area contributed by atoms with Gasteiger partial charge in [0.1, 0.15) is 5.76 Å². The van der Waals surface area contributed by atoms with Gasteiger partial charge in [-0.05, 0) is 31.0 Å². The minimum atomic E-state index is 0.602. The first-order chi connectivity index (χ1) is 6.74. The van der Waals surface area contributed by atoms with E-state index in [1.54, 1.807) is 6.26 Å². The van der Waals surface area contributed by atoms with Crippen LogP contribution in [0, 0.1) is 5.92 Å². The van der Waals surface area contributed by atoms with Gasteiger partial charge in [-0.15, -0.1) is 0 Å². The normalized spacial score (nSPS) is 13.4. The van der Waals surface area contributed by atoms with Gasteiger partial charge >= 0.3 is 0 Å². The lowest BCUT2D eigenvalue weighted by Gasteiger charge is -2.21. The second kappa shape index (κ2) is 5.86. The Bertz CT molecular complexity index is 228. The Morgan fingerprint density at radius 3 is 2.71 bits per heavy atom. The van der Waals surface area contributed by atoms with Crippen LogP contribution < -0.4 is 5.32 Å². The smallest absolute Gasteiger partial charge is 0.103 e. The van der Waals surface area contributed by atoms with Gasteiger partial charge in [0.2, 0.25) is 0 Å². The molecule has 0 aromatic carbocycles. The molecule has 1 aromatic rings. The van der Waals surface area contributed by atoms with Crippen LogP contribution in [0.4, 0.5) is 0 Å². The van der Waals surface area contributed by atoms with Crippen LogP contribution >= 0.6 is 0 Å². The van der Waals surface area contributed by atoms with E-state index < -0.39 is 0 Å². The van der Waals surface area contributed by atoms with Crippen molar-refractivity contribution in [1.29, 1.82) is 0 Å². The van der Waals surface area contributed by atoms with Gasteiger partial charge in [-0.25, -0.2) is 0 Å². The Labute approximate surface area is 86.7 Å². The summed E-state index contributed by atoms with van der Waals surface area (Å²) in [5, 5.41) is 3.50. The molecule has 1 unspecified atom stereocenters. The Kier molecular flexibility index (Phi) is 4.74. The van der Waals surface area contributed by atoms with Crippen LogP contribution in [0.3, 0.4) is 0 Å². The van der Waals surface area contributed by atoms with E-state index in [4.69, 9.17) is 4.42 Å². The molecule has 1 atom stereocenters. The van der Waals surface area contributed by atoms with Crippen LogP contribution in [-0.4, -0.2) is 12.6 Å². The van der Waals surface area contributed by atoms with Crippen molar-refractivity contribution in [2.24, 2.45) is 5.92 Å². The molecule has 2 nitrogen and oxygen atoms in total. The van der Waals surface area contributed by atoms with Crippen LogP contribution in [-0.2, 0) is 6.42 Å². The van der Waals surface area contributed by atoms with E-state index in [-0.39, 0.29) is 0 Å². The maximum atomic E-state index is 5.31. The molecule has 0 aliphatic heterocycles. The molecule has 1 N–H and O–H groups in total. The fourth-order valence-corrected chi connectivity index (χ4v) is 1.69. The molecular formula is C12H21NO. The summed E-state index contributed by atoms with van der Waals surface area (Å²) in [4.78, 5) is 0. The molecule has 0 saturated heterocycles. The molecule has 0 radical (unpaired) electrons. The van der Waals surface area contributed by atoms with E-state index in [1.165, 1.54) is 0 Å². The molecule has 0 saturated carbocycles. The molecule has 0 aliphatic carbocycles. The molecule has 80 valence electrons. The van der Waals surface area contributed by atoms with E-state index in [2.05, 4.69) is 26.1 Å². The molecule has 1 heterocycles. The largest absolute Gasteiger partial charge is 0.469 e. The quantitative estimate of drug-likeness (QED) is 0.755. The molecule has 1 aromatic heterocycles. The van der Waals surface area contributed by atoms with Crippen molar-refractivity contribution in [2.45, 2.75) is 39.7 Å². The van der Waals surface area contributed by atoms with Crippen molar-refractivity contribution in [1.82, 2.24) is 5.32 Å². The topological polar surface area (TPSA) is 25.2 Å². The number of furan rings is 1. The van der Waals surface area contributed by atoms with E-state index in [0.29, 0.717) is 12.0 Å². The van der Waals surface area contributed by atoms with E-state index in [1.807, 2.05) is 12.1 Å². The summed E-state index contributed by atoms with van der Waals surface area (Å²) in [5.74, 6) is 1.78. The summed E-state index contributed by atoms with van der Waals surface area (Å²) in [5.41, 5.74) is 0. The lowest BCUT2D eigenvalue weighted by molar-refractivity contribution is 0.372. The summed E-state index contributed by atoms with van der Waals surface area (Å²) in [6.45, 7) is 7.72. The van der Waals surface area contributed by atoms with E-state index in [9.17, 15) is 0 Å². The summed E-state index contributed by atoms with van der Waals surface area (Å²) >= 11 is 0. The zero-order chi connectivity index (χ0) is 10.4. The van der Waals surface area contributed by atoms with Gasteiger partial charge in [-0.3, -0.25) is 0 Å². The Balaban J connectivity index is 2.33. The molecule has 0 bridgehead atoms. The first-order valence-electron chi connectivity index (χ1n) is 5.49. The fourth-order valence-electron chi connectivity index (χ4n) is 1.69. The molecule has 0 fully saturated rings. The SMILES string of the molecule is CCNC(CCc1ccco1)C(C)C. The van der Waals surface area contributed by atoms with Crippen molar-refractivity contribution >= 4 is 0 Å². The Morgan fingerprint density at radius 2 is 2.21 bits per heavy atom. The van der Waals surface area contributed by atoms with Gasteiger partial charge in [-0.1, -0.05) is 20.8 Å². The lowest BCUT2D eigenvalue weighted by Crippen LogP contribution is -2.34. The van der Waals surface area contributed by atoms with Gasteiger partial charge < -0.3 is 9.73 Å². The minimum Gasteiger partial charge on any atom is -0.469 e. The van der Waals surface area contributed by atoms with Crippen LogP contribution in [0.25, 0.3) is 0 Å². The van der Waals surface area contributed by atoms with Crippen molar-refractivity contribution in [3.05, 3.63) is 24.2 Å². The highest BCUT2D eigenvalue weighted by atomic mass is 16.3. The first-order valence-corrected chi connectivity index (χ1v) is 5.49. The third-order valence-electron chi connectivity index (χ3n) is 2.55. The molecular weight excluding hydrogens is 174 g/mol. The zero-order valence-electron chi connectivity index (χ0n) is 9.42. The number of rotatable bonds is 6. The minimum absolute atomic E-state index is 0.602. The number of aryl methyl sites for hydroxylation is 1. The summed E-state index contributed by atoms with van der Waals surface area (Å²) < 4.78 is 5.31. The number of hydrogen-bond acceptors (Lipinski definition) is 2. The second-order valence-electron chi connectivity index (χ2n) is 4.03. The number of hydrogen-bond donors (Lipinski definition) is 1. The predicted molar refractivity (Wildman–Crippen MR) is 59.3 cm³/mol. The number of nitrogens with one attached hydrogen (secondary N) is 1. The van der Waals surface area contributed by atoms with Crippen LogP contribution in [0.15, 0.2) is 22.8 Å². The Morgan fingerprint density at radius 1 is 1.43 bits per heavy atom. The molecule has 0 amide bonds. The van der Waals surface area contributed by atoms with Gasteiger partial charge in [-0.2, -0.15) is 0 Å². The molecule has 14 heavy (non-hydrogen) atoms. The maximum Gasteiger partial charge on any atom is 0.103 e. The lowest BCUT2D eigenvalue weighted by atomic mass is 9.98. The van der Waals surface area contributed by atoms with Gasteiger partial charge in [0.15, 0.2) is 0 Å². The van der Waals surface area contributed by atoms with Crippen molar-refractivity contribution in [2.75, 3.05) is 6.54 Å². The average Bonchev–Trinajstić information content (AvgIpc) is 2.64. The first kappa shape index (κ1) is 11.3.